The Balaban J connectivity index is 0.000000201. The van der Waals surface area contributed by atoms with Crippen molar-refractivity contribution in [2.45, 2.75) is 0 Å². The first-order valence-electron chi connectivity index (χ1n) is 11.2. The average molecular weight is 507 g/mol. The summed E-state index contributed by atoms with van der Waals surface area (Å²) in [7, 11) is 2.97. The average Bonchev–Trinajstić information content (AvgIpc) is 2.89. The number of nitrogen functional groups attached to an aromatic ring is 2. The number of nitrogens with zero attached hydrogens (tertiary/aromatic N) is 4. The summed E-state index contributed by atoms with van der Waals surface area (Å²) in [4.78, 5) is 25.1. The molecule has 2 heterocycles. The lowest BCUT2D eigenvalue weighted by Crippen LogP contribution is -2.36. The minimum absolute atomic E-state index is 0.00444. The number of benzene rings is 2. The minimum Gasteiger partial charge on any atom is -0.495 e. The Labute approximate surface area is 207 Å². The van der Waals surface area contributed by atoms with Gasteiger partial charge >= 0.3 is 0 Å². The van der Waals surface area contributed by atoms with Crippen molar-refractivity contribution >= 4 is 34.1 Å². The van der Waals surface area contributed by atoms with Crippen LogP contribution < -0.4 is 30.7 Å². The SMILES string of the molecule is COc1cc(N2CCOCC2)c([N+](=O)[O-])cc1N.COc1cc(N2CCOCC2)c([N+](=O)[O-])cc1N. The zero-order valence-corrected chi connectivity index (χ0v) is 20.2. The predicted molar refractivity (Wildman–Crippen MR) is 134 cm³/mol. The number of nitro benzene ring substituents is 2. The molecule has 2 aliphatic heterocycles. The van der Waals surface area contributed by atoms with Crippen LogP contribution in [0.4, 0.5) is 34.1 Å². The maximum atomic E-state index is 11.1. The third-order valence-electron chi connectivity index (χ3n) is 5.75. The van der Waals surface area contributed by atoms with Gasteiger partial charge in [0.1, 0.15) is 22.9 Å². The van der Waals surface area contributed by atoms with Crippen molar-refractivity contribution in [1.29, 1.82) is 0 Å². The molecule has 0 spiro atoms. The number of hydrogen-bond acceptors (Lipinski definition) is 12. The summed E-state index contributed by atoms with van der Waals surface area (Å²) in [6.45, 7) is 4.71. The number of nitro groups is 2. The van der Waals surface area contributed by atoms with E-state index < -0.39 is 9.85 Å². The first-order valence-corrected chi connectivity index (χ1v) is 11.2. The molecule has 2 saturated heterocycles. The first kappa shape index (κ1) is 26.6. The second kappa shape index (κ2) is 12.1. The normalized spacial score (nSPS) is 15.5. The summed E-state index contributed by atoms with van der Waals surface area (Å²) in [6, 6.07) is 5.89. The Hall–Kier alpha value is -4.04. The number of ether oxygens (including phenoxy) is 4. The fourth-order valence-corrected chi connectivity index (χ4v) is 3.91. The molecule has 0 radical (unpaired) electrons. The van der Waals surface area contributed by atoms with Gasteiger partial charge in [-0.25, -0.2) is 0 Å². The molecule has 0 saturated carbocycles. The van der Waals surface area contributed by atoms with Gasteiger partial charge in [0.05, 0.1) is 61.9 Å². The second-order valence-corrected chi connectivity index (χ2v) is 7.88. The Morgan fingerprint density at radius 3 is 1.33 bits per heavy atom. The van der Waals surface area contributed by atoms with Crippen LogP contribution >= 0.6 is 0 Å². The van der Waals surface area contributed by atoms with E-state index in [0.717, 1.165) is 0 Å². The molecule has 0 amide bonds. The fraction of sp³-hybridized carbons (Fsp3) is 0.455. The standard InChI is InChI=1S/2C11H15N3O4/c2*1-17-11-7-9(13-2-4-18-5-3-13)10(14(15)16)6-8(11)12/h2*6-7H,2-5,12H2,1H3. The van der Waals surface area contributed by atoms with E-state index in [4.69, 9.17) is 30.4 Å². The summed E-state index contributed by atoms with van der Waals surface area (Å²) < 4.78 is 20.7. The smallest absolute Gasteiger partial charge is 0.294 e. The lowest BCUT2D eigenvalue weighted by atomic mass is 10.2. The molecule has 2 aliphatic rings. The number of morpholine rings is 2. The molecule has 0 unspecified atom stereocenters. The molecule has 0 aliphatic carbocycles. The van der Waals surface area contributed by atoms with E-state index in [-0.39, 0.29) is 22.7 Å². The molecular weight excluding hydrogens is 476 g/mol. The molecule has 0 atom stereocenters. The summed E-state index contributed by atoms with van der Waals surface area (Å²) in [5, 5.41) is 22.1. The number of methoxy groups -OCH3 is 2. The minimum atomic E-state index is -0.430. The molecule has 4 N–H and O–H groups in total. The van der Waals surface area contributed by atoms with Gasteiger partial charge in [-0.05, 0) is 0 Å². The lowest BCUT2D eigenvalue weighted by Gasteiger charge is -2.28. The maximum absolute atomic E-state index is 11.1. The van der Waals surface area contributed by atoms with Gasteiger partial charge in [-0.2, -0.15) is 0 Å². The third-order valence-corrected chi connectivity index (χ3v) is 5.75. The van der Waals surface area contributed by atoms with E-state index in [1.54, 1.807) is 12.1 Å². The summed E-state index contributed by atoms with van der Waals surface area (Å²) in [5.74, 6) is 0.893. The van der Waals surface area contributed by atoms with Crippen molar-refractivity contribution in [1.82, 2.24) is 0 Å². The van der Waals surface area contributed by atoms with E-state index in [1.807, 2.05) is 9.80 Å². The van der Waals surface area contributed by atoms with E-state index in [2.05, 4.69) is 0 Å². The first-order chi connectivity index (χ1) is 17.3. The van der Waals surface area contributed by atoms with Crippen LogP contribution in [0, 0.1) is 20.2 Å². The Morgan fingerprint density at radius 2 is 1.06 bits per heavy atom. The van der Waals surface area contributed by atoms with Crippen molar-refractivity contribution in [3.63, 3.8) is 0 Å². The molecule has 0 bridgehead atoms. The molecule has 14 heteroatoms. The van der Waals surface area contributed by atoms with Crippen LogP contribution in [0.2, 0.25) is 0 Å². The van der Waals surface area contributed by atoms with Crippen LogP contribution in [0.3, 0.4) is 0 Å². The predicted octanol–water partition coefficient (Wildman–Crippen LogP) is 2.04. The summed E-state index contributed by atoms with van der Waals surface area (Å²) in [5.41, 5.74) is 13.0. The van der Waals surface area contributed by atoms with Crippen LogP contribution in [0.1, 0.15) is 0 Å². The lowest BCUT2D eigenvalue weighted by molar-refractivity contribution is -0.384. The van der Waals surface area contributed by atoms with Crippen LogP contribution in [0.15, 0.2) is 24.3 Å². The van der Waals surface area contributed by atoms with Crippen molar-refractivity contribution < 1.29 is 28.8 Å². The quantitative estimate of drug-likeness (QED) is 0.331. The van der Waals surface area contributed by atoms with E-state index in [1.165, 1.54) is 26.4 Å². The molecule has 196 valence electrons. The molecule has 2 fully saturated rings. The molecule has 14 nitrogen and oxygen atoms in total. The van der Waals surface area contributed by atoms with Crippen molar-refractivity contribution in [3.8, 4) is 11.5 Å². The zero-order chi connectivity index (χ0) is 26.2. The van der Waals surface area contributed by atoms with E-state index in [0.29, 0.717) is 75.5 Å². The van der Waals surface area contributed by atoms with Gasteiger partial charge < -0.3 is 40.2 Å². The number of anilines is 4. The summed E-state index contributed by atoms with van der Waals surface area (Å²) >= 11 is 0. The number of rotatable bonds is 6. The third kappa shape index (κ3) is 6.14. The Bertz CT molecular complexity index is 1000. The van der Waals surface area contributed by atoms with Gasteiger partial charge in [0.25, 0.3) is 11.4 Å². The van der Waals surface area contributed by atoms with E-state index >= 15 is 0 Å². The summed E-state index contributed by atoms with van der Waals surface area (Å²) in [6.07, 6.45) is 0. The van der Waals surface area contributed by atoms with Gasteiger partial charge in [-0.15, -0.1) is 0 Å². The van der Waals surface area contributed by atoms with Gasteiger partial charge in [0, 0.05) is 50.4 Å². The van der Waals surface area contributed by atoms with E-state index in [9.17, 15) is 20.2 Å². The van der Waals surface area contributed by atoms with Crippen molar-refractivity contribution in [3.05, 3.63) is 44.5 Å². The topological polar surface area (TPSA) is 182 Å². The molecule has 36 heavy (non-hydrogen) atoms. The highest BCUT2D eigenvalue weighted by atomic mass is 16.6. The molecule has 0 aromatic heterocycles. The van der Waals surface area contributed by atoms with Crippen molar-refractivity contribution in [2.24, 2.45) is 0 Å². The molecule has 2 aromatic carbocycles. The maximum Gasteiger partial charge on any atom is 0.294 e. The Kier molecular flexibility index (Phi) is 8.91. The second-order valence-electron chi connectivity index (χ2n) is 7.88. The van der Waals surface area contributed by atoms with Crippen LogP contribution in [0.5, 0.6) is 11.5 Å². The number of hydrogen-bond donors (Lipinski definition) is 2. The van der Waals surface area contributed by atoms with Gasteiger partial charge in [-0.3, -0.25) is 20.2 Å². The zero-order valence-electron chi connectivity index (χ0n) is 20.2. The number of nitrogens with two attached hydrogens (primary N) is 2. The molecule has 4 rings (SSSR count). The largest absolute Gasteiger partial charge is 0.495 e. The highest BCUT2D eigenvalue weighted by Gasteiger charge is 2.25. The molecule has 2 aromatic rings. The highest BCUT2D eigenvalue weighted by molar-refractivity contribution is 5.74. The van der Waals surface area contributed by atoms with Crippen LogP contribution in [0.25, 0.3) is 0 Å². The van der Waals surface area contributed by atoms with Crippen molar-refractivity contribution in [2.75, 3.05) is 88.1 Å². The highest BCUT2D eigenvalue weighted by Crippen LogP contribution is 2.38. The van der Waals surface area contributed by atoms with Crippen LogP contribution in [-0.2, 0) is 9.47 Å². The van der Waals surface area contributed by atoms with Gasteiger partial charge in [-0.1, -0.05) is 0 Å². The van der Waals surface area contributed by atoms with Crippen LogP contribution in [-0.4, -0.2) is 76.7 Å². The van der Waals surface area contributed by atoms with Gasteiger partial charge in [0.15, 0.2) is 0 Å². The fourth-order valence-electron chi connectivity index (χ4n) is 3.91. The monoisotopic (exact) mass is 506 g/mol. The van der Waals surface area contributed by atoms with Gasteiger partial charge in [0.2, 0.25) is 0 Å². The molecular formula is C22H30N6O8. The Morgan fingerprint density at radius 1 is 0.722 bits per heavy atom.